The molecule has 1 fully saturated rings. The summed E-state index contributed by atoms with van der Waals surface area (Å²) in [6.07, 6.45) is 4.76. The molecule has 31 heavy (non-hydrogen) atoms. The molecule has 1 saturated heterocycles. The highest BCUT2D eigenvalue weighted by Crippen LogP contribution is 2.34. The van der Waals surface area contributed by atoms with Gasteiger partial charge in [0.25, 0.3) is 0 Å². The largest absolute Gasteiger partial charge is 0.494 e. The predicted molar refractivity (Wildman–Crippen MR) is 131 cm³/mol. The van der Waals surface area contributed by atoms with Crippen molar-refractivity contribution in [3.05, 3.63) is 102 Å². The molecule has 3 aromatic carbocycles. The van der Waals surface area contributed by atoms with Crippen molar-refractivity contribution in [2.45, 2.75) is 32.6 Å². The normalized spacial score (nSPS) is 15.0. The van der Waals surface area contributed by atoms with Gasteiger partial charge in [-0.1, -0.05) is 79.7 Å². The summed E-state index contributed by atoms with van der Waals surface area (Å²) in [6.45, 7) is 6.68. The lowest BCUT2D eigenvalue weighted by Gasteiger charge is -2.17. The third-order valence-corrected chi connectivity index (χ3v) is 6.07. The van der Waals surface area contributed by atoms with Gasteiger partial charge in [0.2, 0.25) is 0 Å². The Morgan fingerprint density at radius 2 is 1.32 bits per heavy atom. The molecule has 0 saturated carbocycles. The fourth-order valence-corrected chi connectivity index (χ4v) is 4.49. The maximum atomic E-state index is 6.03. The summed E-state index contributed by atoms with van der Waals surface area (Å²) in [5.41, 5.74) is 6.44. The number of nitrogens with zero attached hydrogens (tertiary/aromatic N) is 1. The third-order valence-electron chi connectivity index (χ3n) is 6.07. The Morgan fingerprint density at radius 3 is 1.94 bits per heavy atom. The van der Waals surface area contributed by atoms with Gasteiger partial charge in [-0.25, -0.2) is 0 Å². The standard InChI is InChI=1S/C29H33NO/c1-2-28(24-12-5-3-6-13-24)29(25-14-7-4-8-15-25)26-16-18-27(19-17-26)31-23-11-22-30-20-9-10-21-30/h3-8,12-19H,2,9-11,20-23H2,1H3/b29-28-. The van der Waals surface area contributed by atoms with Crippen molar-refractivity contribution in [3.8, 4) is 5.75 Å². The van der Waals surface area contributed by atoms with Crippen LogP contribution >= 0.6 is 0 Å². The molecule has 0 radical (unpaired) electrons. The van der Waals surface area contributed by atoms with E-state index in [9.17, 15) is 0 Å². The molecule has 1 aliphatic rings. The van der Waals surface area contributed by atoms with Crippen LogP contribution in [0.4, 0.5) is 0 Å². The summed E-state index contributed by atoms with van der Waals surface area (Å²) in [4.78, 5) is 2.54. The van der Waals surface area contributed by atoms with E-state index in [1.54, 1.807) is 0 Å². The monoisotopic (exact) mass is 411 g/mol. The lowest BCUT2D eigenvalue weighted by atomic mass is 9.88. The number of likely N-dealkylation sites (tertiary alicyclic amines) is 1. The Morgan fingerprint density at radius 1 is 0.742 bits per heavy atom. The minimum absolute atomic E-state index is 0.779. The van der Waals surface area contributed by atoms with Crippen LogP contribution in [0, 0.1) is 0 Å². The molecule has 4 rings (SSSR count). The maximum absolute atomic E-state index is 6.03. The SMILES string of the molecule is CC/C(=C(\c1ccccc1)c1ccc(OCCCN2CCCC2)cc1)c1ccccc1. The first kappa shape index (κ1) is 21.4. The van der Waals surface area contributed by atoms with Crippen LogP contribution in [0.25, 0.3) is 11.1 Å². The maximum Gasteiger partial charge on any atom is 0.119 e. The lowest BCUT2D eigenvalue weighted by molar-refractivity contribution is 0.263. The molecule has 0 aliphatic carbocycles. The van der Waals surface area contributed by atoms with Gasteiger partial charge in [-0.3, -0.25) is 0 Å². The molecular weight excluding hydrogens is 378 g/mol. The van der Waals surface area contributed by atoms with Crippen LogP contribution in [-0.4, -0.2) is 31.1 Å². The number of benzene rings is 3. The Kier molecular flexibility index (Phi) is 7.57. The topological polar surface area (TPSA) is 12.5 Å². The molecule has 0 amide bonds. The Balaban J connectivity index is 1.54. The molecule has 0 N–H and O–H groups in total. The number of hydrogen-bond donors (Lipinski definition) is 0. The molecule has 160 valence electrons. The average Bonchev–Trinajstić information content (AvgIpc) is 3.35. The Bertz CT molecular complexity index is 955. The molecule has 3 aromatic rings. The molecule has 1 heterocycles. The van der Waals surface area contributed by atoms with Gasteiger partial charge < -0.3 is 9.64 Å². The van der Waals surface area contributed by atoms with Crippen LogP contribution in [0.1, 0.15) is 49.3 Å². The molecule has 0 atom stereocenters. The van der Waals surface area contributed by atoms with Crippen LogP contribution in [0.5, 0.6) is 5.75 Å². The molecule has 1 aliphatic heterocycles. The van der Waals surface area contributed by atoms with E-state index >= 15 is 0 Å². The minimum atomic E-state index is 0.779. The van der Waals surface area contributed by atoms with Crippen molar-refractivity contribution < 1.29 is 4.74 Å². The molecular formula is C29H33NO. The van der Waals surface area contributed by atoms with Gasteiger partial charge in [0, 0.05) is 6.54 Å². The van der Waals surface area contributed by atoms with Crippen LogP contribution in [-0.2, 0) is 0 Å². The van der Waals surface area contributed by atoms with Crippen LogP contribution in [0.2, 0.25) is 0 Å². The van der Waals surface area contributed by atoms with Crippen molar-refractivity contribution >= 4 is 11.1 Å². The van der Waals surface area contributed by atoms with E-state index in [2.05, 4.69) is 96.8 Å². The highest BCUT2D eigenvalue weighted by atomic mass is 16.5. The second-order valence-electron chi connectivity index (χ2n) is 8.21. The van der Waals surface area contributed by atoms with Gasteiger partial charge in [-0.15, -0.1) is 0 Å². The third kappa shape index (κ3) is 5.65. The summed E-state index contributed by atoms with van der Waals surface area (Å²) in [7, 11) is 0. The van der Waals surface area contributed by atoms with Gasteiger partial charge in [0.1, 0.15) is 5.75 Å². The molecule has 0 aromatic heterocycles. The minimum Gasteiger partial charge on any atom is -0.494 e. The van der Waals surface area contributed by atoms with Gasteiger partial charge in [0.15, 0.2) is 0 Å². The summed E-state index contributed by atoms with van der Waals surface area (Å²) >= 11 is 0. The summed E-state index contributed by atoms with van der Waals surface area (Å²) < 4.78 is 6.03. The van der Waals surface area contributed by atoms with E-state index in [0.717, 1.165) is 31.7 Å². The Hall–Kier alpha value is -2.84. The zero-order chi connectivity index (χ0) is 21.3. The highest BCUT2D eigenvalue weighted by Gasteiger charge is 2.13. The molecule has 0 unspecified atom stereocenters. The smallest absolute Gasteiger partial charge is 0.119 e. The van der Waals surface area contributed by atoms with E-state index in [-0.39, 0.29) is 0 Å². The molecule has 0 bridgehead atoms. The highest BCUT2D eigenvalue weighted by molar-refractivity contribution is 5.98. The number of ether oxygens (including phenoxy) is 1. The first-order valence-corrected chi connectivity index (χ1v) is 11.6. The average molecular weight is 412 g/mol. The van der Waals surface area contributed by atoms with Crippen molar-refractivity contribution in [3.63, 3.8) is 0 Å². The van der Waals surface area contributed by atoms with E-state index < -0.39 is 0 Å². The van der Waals surface area contributed by atoms with Gasteiger partial charge in [0.05, 0.1) is 6.61 Å². The van der Waals surface area contributed by atoms with Crippen LogP contribution < -0.4 is 4.74 Å². The first-order valence-electron chi connectivity index (χ1n) is 11.6. The second-order valence-corrected chi connectivity index (χ2v) is 8.21. The molecule has 2 nitrogen and oxygen atoms in total. The van der Waals surface area contributed by atoms with E-state index in [0.29, 0.717) is 0 Å². The van der Waals surface area contributed by atoms with Crippen LogP contribution in [0.15, 0.2) is 84.9 Å². The van der Waals surface area contributed by atoms with E-state index in [1.807, 2.05) is 0 Å². The van der Waals surface area contributed by atoms with Crippen molar-refractivity contribution in [2.24, 2.45) is 0 Å². The van der Waals surface area contributed by atoms with Crippen molar-refractivity contribution in [1.82, 2.24) is 4.90 Å². The number of hydrogen-bond acceptors (Lipinski definition) is 2. The Labute approximate surface area is 187 Å². The van der Waals surface area contributed by atoms with E-state index in [4.69, 9.17) is 4.74 Å². The molecule has 2 heteroatoms. The van der Waals surface area contributed by atoms with Gasteiger partial charge in [-0.2, -0.15) is 0 Å². The zero-order valence-electron chi connectivity index (χ0n) is 18.6. The van der Waals surface area contributed by atoms with Crippen molar-refractivity contribution in [1.29, 1.82) is 0 Å². The van der Waals surface area contributed by atoms with Gasteiger partial charge in [-0.05, 0) is 78.7 Å². The summed E-state index contributed by atoms with van der Waals surface area (Å²) in [5, 5.41) is 0. The summed E-state index contributed by atoms with van der Waals surface area (Å²) in [6, 6.07) is 30.1. The fourth-order valence-electron chi connectivity index (χ4n) is 4.49. The molecule has 0 spiro atoms. The van der Waals surface area contributed by atoms with Gasteiger partial charge >= 0.3 is 0 Å². The lowest BCUT2D eigenvalue weighted by Crippen LogP contribution is -2.21. The second kappa shape index (κ2) is 11.0. The quantitative estimate of drug-likeness (QED) is 0.280. The fraction of sp³-hybridized carbons (Fsp3) is 0.310. The number of allylic oxidation sites excluding steroid dienone is 1. The first-order chi connectivity index (χ1) is 15.3. The van der Waals surface area contributed by atoms with Crippen LogP contribution in [0.3, 0.4) is 0 Å². The zero-order valence-corrected chi connectivity index (χ0v) is 18.6. The number of rotatable bonds is 9. The predicted octanol–water partition coefficient (Wildman–Crippen LogP) is 6.92. The van der Waals surface area contributed by atoms with Crippen molar-refractivity contribution in [2.75, 3.05) is 26.2 Å². The van der Waals surface area contributed by atoms with E-state index in [1.165, 1.54) is 53.8 Å². The summed E-state index contributed by atoms with van der Waals surface area (Å²) in [5.74, 6) is 0.954.